The molecule has 0 radical (unpaired) electrons. The van der Waals surface area contributed by atoms with E-state index >= 15 is 0 Å². The number of hydrogen-bond donors (Lipinski definition) is 2. The second-order valence-electron chi connectivity index (χ2n) is 5.28. The van der Waals surface area contributed by atoms with Gasteiger partial charge >= 0.3 is 0 Å². The third kappa shape index (κ3) is 4.64. The molecule has 0 heterocycles. The van der Waals surface area contributed by atoms with E-state index in [-0.39, 0.29) is 18.1 Å². The topological polar surface area (TPSA) is 96.6 Å². The van der Waals surface area contributed by atoms with Crippen LogP contribution in [0.25, 0.3) is 0 Å². The van der Waals surface area contributed by atoms with E-state index in [1.165, 1.54) is 12.3 Å². The number of hydrogen-bond acceptors (Lipinski definition) is 5. The average Bonchev–Trinajstić information content (AvgIpc) is 2.54. The standard InChI is InChI=1S/C17H18N4O3/c1-12-7-8-15(13(2)9-12)18-11-17(22)20-19-10-14-5-3-4-6-16(14)21(23)24/h3-10,18H,11H2,1-2H3,(H,20,22)/b19-10+. The molecule has 0 atom stereocenters. The summed E-state index contributed by atoms with van der Waals surface area (Å²) in [4.78, 5) is 22.2. The van der Waals surface area contributed by atoms with E-state index in [2.05, 4.69) is 15.8 Å². The molecule has 124 valence electrons. The lowest BCUT2D eigenvalue weighted by Crippen LogP contribution is -2.26. The van der Waals surface area contributed by atoms with Crippen LogP contribution in [-0.4, -0.2) is 23.6 Å². The van der Waals surface area contributed by atoms with Crippen molar-refractivity contribution in [2.45, 2.75) is 13.8 Å². The van der Waals surface area contributed by atoms with Crippen LogP contribution in [0.3, 0.4) is 0 Å². The molecular weight excluding hydrogens is 308 g/mol. The normalized spacial score (nSPS) is 10.6. The zero-order valence-corrected chi connectivity index (χ0v) is 13.4. The van der Waals surface area contributed by atoms with E-state index in [0.29, 0.717) is 5.56 Å². The highest BCUT2D eigenvalue weighted by atomic mass is 16.6. The maximum Gasteiger partial charge on any atom is 0.278 e. The lowest BCUT2D eigenvalue weighted by Gasteiger charge is -2.09. The van der Waals surface area contributed by atoms with Crippen molar-refractivity contribution < 1.29 is 9.72 Å². The molecule has 2 N–H and O–H groups in total. The van der Waals surface area contributed by atoms with Gasteiger partial charge in [0.05, 0.1) is 23.2 Å². The van der Waals surface area contributed by atoms with Crippen LogP contribution in [0.4, 0.5) is 11.4 Å². The van der Waals surface area contributed by atoms with Gasteiger partial charge in [-0.2, -0.15) is 5.10 Å². The second-order valence-corrected chi connectivity index (χ2v) is 5.28. The summed E-state index contributed by atoms with van der Waals surface area (Å²) < 4.78 is 0. The third-order valence-corrected chi connectivity index (χ3v) is 3.35. The van der Waals surface area contributed by atoms with Crippen LogP contribution in [0.15, 0.2) is 47.6 Å². The molecule has 1 amide bonds. The van der Waals surface area contributed by atoms with Gasteiger partial charge in [-0.15, -0.1) is 0 Å². The number of nitrogens with one attached hydrogen (secondary N) is 2. The lowest BCUT2D eigenvalue weighted by molar-refractivity contribution is -0.385. The SMILES string of the molecule is Cc1ccc(NCC(=O)N/N=C/c2ccccc2[N+](=O)[O-])c(C)c1. The Hall–Kier alpha value is -3.22. The van der Waals surface area contributed by atoms with E-state index in [9.17, 15) is 14.9 Å². The molecule has 2 rings (SSSR count). The van der Waals surface area contributed by atoms with E-state index in [4.69, 9.17) is 0 Å². The van der Waals surface area contributed by atoms with Crippen LogP contribution in [-0.2, 0) is 4.79 Å². The van der Waals surface area contributed by atoms with Gasteiger partial charge in [0.2, 0.25) is 0 Å². The molecule has 7 heteroatoms. The van der Waals surface area contributed by atoms with Gasteiger partial charge in [0.1, 0.15) is 0 Å². The molecule has 0 aliphatic rings. The molecule has 0 aliphatic heterocycles. The molecule has 2 aromatic rings. The van der Waals surface area contributed by atoms with Gasteiger partial charge in [-0.25, -0.2) is 5.43 Å². The summed E-state index contributed by atoms with van der Waals surface area (Å²) in [6.07, 6.45) is 1.26. The first kappa shape index (κ1) is 17.1. The lowest BCUT2D eigenvalue weighted by atomic mass is 10.1. The molecule has 24 heavy (non-hydrogen) atoms. The second kappa shape index (κ2) is 7.87. The Balaban J connectivity index is 1.90. The molecule has 0 bridgehead atoms. The van der Waals surface area contributed by atoms with Crippen molar-refractivity contribution in [3.63, 3.8) is 0 Å². The number of rotatable bonds is 6. The summed E-state index contributed by atoms with van der Waals surface area (Å²) >= 11 is 0. The number of carbonyl (C=O) groups excluding carboxylic acids is 1. The van der Waals surface area contributed by atoms with Crippen LogP contribution in [0.1, 0.15) is 16.7 Å². The molecule has 2 aromatic carbocycles. The molecule has 0 unspecified atom stereocenters. The molecule has 0 saturated carbocycles. The average molecular weight is 326 g/mol. The summed E-state index contributed by atoms with van der Waals surface area (Å²) in [6.45, 7) is 4.01. The minimum absolute atomic E-state index is 0.0537. The first-order valence-electron chi connectivity index (χ1n) is 7.34. The van der Waals surface area contributed by atoms with Crippen molar-refractivity contribution in [1.82, 2.24) is 5.43 Å². The van der Waals surface area contributed by atoms with Crippen molar-refractivity contribution >= 4 is 23.5 Å². The number of nitro benzene ring substituents is 1. The van der Waals surface area contributed by atoms with Crippen LogP contribution in [0.5, 0.6) is 0 Å². The summed E-state index contributed by atoms with van der Waals surface area (Å²) in [5.41, 5.74) is 5.67. The number of nitro groups is 1. The largest absolute Gasteiger partial charge is 0.376 e. The molecule has 0 saturated heterocycles. The Labute approximate surface area is 139 Å². The Kier molecular flexibility index (Phi) is 5.62. The van der Waals surface area contributed by atoms with Crippen molar-refractivity contribution in [3.05, 3.63) is 69.3 Å². The molecule has 0 aliphatic carbocycles. The van der Waals surface area contributed by atoms with Gasteiger partial charge in [0.15, 0.2) is 0 Å². The number of benzene rings is 2. The predicted molar refractivity (Wildman–Crippen MR) is 93.2 cm³/mol. The van der Waals surface area contributed by atoms with E-state index < -0.39 is 4.92 Å². The smallest absolute Gasteiger partial charge is 0.278 e. The monoisotopic (exact) mass is 326 g/mol. The highest BCUT2D eigenvalue weighted by molar-refractivity contribution is 5.87. The summed E-state index contributed by atoms with van der Waals surface area (Å²) in [5.74, 6) is -0.343. The van der Waals surface area contributed by atoms with E-state index in [1.807, 2.05) is 32.0 Å². The van der Waals surface area contributed by atoms with Gasteiger partial charge in [0.25, 0.3) is 11.6 Å². The minimum Gasteiger partial charge on any atom is -0.376 e. The number of amides is 1. The fourth-order valence-corrected chi connectivity index (χ4v) is 2.16. The van der Waals surface area contributed by atoms with Crippen molar-refractivity contribution in [3.8, 4) is 0 Å². The third-order valence-electron chi connectivity index (χ3n) is 3.35. The Morgan fingerprint density at radius 1 is 1.25 bits per heavy atom. The zero-order chi connectivity index (χ0) is 17.5. The summed E-state index contributed by atoms with van der Waals surface area (Å²) in [7, 11) is 0. The fraction of sp³-hybridized carbons (Fsp3) is 0.176. The summed E-state index contributed by atoms with van der Waals surface area (Å²) in [6, 6.07) is 12.1. The quantitative estimate of drug-likeness (QED) is 0.484. The number of aryl methyl sites for hydroxylation is 2. The number of hydrazone groups is 1. The Morgan fingerprint density at radius 3 is 2.71 bits per heavy atom. The predicted octanol–water partition coefficient (Wildman–Crippen LogP) is 2.77. The van der Waals surface area contributed by atoms with Gasteiger partial charge < -0.3 is 5.32 Å². The Morgan fingerprint density at radius 2 is 2.00 bits per heavy atom. The number of nitrogens with zero attached hydrogens (tertiary/aromatic N) is 2. The number of para-hydroxylation sites is 1. The van der Waals surface area contributed by atoms with Gasteiger partial charge in [0, 0.05) is 11.8 Å². The van der Waals surface area contributed by atoms with Gasteiger partial charge in [-0.1, -0.05) is 29.8 Å². The highest BCUT2D eigenvalue weighted by Gasteiger charge is 2.10. The van der Waals surface area contributed by atoms with Crippen molar-refractivity contribution in [2.24, 2.45) is 5.10 Å². The van der Waals surface area contributed by atoms with Crippen molar-refractivity contribution in [2.75, 3.05) is 11.9 Å². The molecular formula is C17H18N4O3. The molecule has 0 aromatic heterocycles. The number of carbonyl (C=O) groups is 1. The van der Waals surface area contributed by atoms with Crippen LogP contribution >= 0.6 is 0 Å². The maximum atomic E-state index is 11.8. The maximum absolute atomic E-state index is 11.8. The highest BCUT2D eigenvalue weighted by Crippen LogP contribution is 2.16. The number of anilines is 1. The van der Waals surface area contributed by atoms with Crippen molar-refractivity contribution in [1.29, 1.82) is 0 Å². The molecule has 7 nitrogen and oxygen atoms in total. The first-order chi connectivity index (χ1) is 11.5. The fourth-order valence-electron chi connectivity index (χ4n) is 2.16. The molecule has 0 spiro atoms. The summed E-state index contributed by atoms with van der Waals surface area (Å²) in [5, 5.41) is 17.7. The Bertz CT molecular complexity index is 787. The van der Waals surface area contributed by atoms with Gasteiger partial charge in [-0.05, 0) is 31.5 Å². The van der Waals surface area contributed by atoms with Crippen LogP contribution < -0.4 is 10.7 Å². The molecule has 0 fully saturated rings. The van der Waals surface area contributed by atoms with Crippen LogP contribution in [0.2, 0.25) is 0 Å². The van der Waals surface area contributed by atoms with E-state index in [1.54, 1.807) is 18.2 Å². The van der Waals surface area contributed by atoms with Gasteiger partial charge in [-0.3, -0.25) is 14.9 Å². The van der Waals surface area contributed by atoms with Crippen LogP contribution in [0, 0.1) is 24.0 Å². The zero-order valence-electron chi connectivity index (χ0n) is 13.4. The first-order valence-corrected chi connectivity index (χ1v) is 7.34. The van der Waals surface area contributed by atoms with E-state index in [0.717, 1.165) is 16.8 Å². The minimum atomic E-state index is -0.495.